The number of benzene rings is 1. The quantitative estimate of drug-likeness (QED) is 0.685. The number of rotatable bonds is 4. The summed E-state index contributed by atoms with van der Waals surface area (Å²) >= 11 is 1.82. The molecule has 1 aromatic carbocycles. The van der Waals surface area contributed by atoms with Crippen molar-refractivity contribution in [1.29, 1.82) is 0 Å². The van der Waals surface area contributed by atoms with E-state index in [2.05, 4.69) is 11.6 Å². The Kier molecular flexibility index (Phi) is 5.17. The van der Waals surface area contributed by atoms with Crippen molar-refractivity contribution in [2.45, 2.75) is 37.0 Å². The number of hydrogen-bond acceptors (Lipinski definition) is 4. The molecule has 0 aliphatic heterocycles. The van der Waals surface area contributed by atoms with Gasteiger partial charge in [-0.25, -0.2) is 4.39 Å². The van der Waals surface area contributed by atoms with Crippen LogP contribution < -0.4 is 5.32 Å². The van der Waals surface area contributed by atoms with Gasteiger partial charge in [0.1, 0.15) is 11.4 Å². The van der Waals surface area contributed by atoms with Crippen LogP contribution >= 0.6 is 11.8 Å². The Hall–Kier alpha value is -1.63. The Morgan fingerprint density at radius 1 is 1.38 bits per heavy atom. The van der Waals surface area contributed by atoms with Gasteiger partial charge in [-0.1, -0.05) is 0 Å². The number of nitrogens with zero attached hydrogens (tertiary/aromatic N) is 1. The summed E-state index contributed by atoms with van der Waals surface area (Å²) in [6.45, 7) is 0. The van der Waals surface area contributed by atoms with Crippen LogP contribution in [0.5, 0.6) is 0 Å². The molecular weight excluding hydrogens is 295 g/mol. The van der Waals surface area contributed by atoms with E-state index in [-0.39, 0.29) is 17.3 Å². The molecule has 114 valence electrons. The summed E-state index contributed by atoms with van der Waals surface area (Å²) in [5, 5.41) is 14.3. The molecule has 1 saturated carbocycles. The minimum absolute atomic E-state index is 0.00349. The number of carbonyl (C=O) groups is 1. The van der Waals surface area contributed by atoms with E-state index < -0.39 is 16.6 Å². The SMILES string of the molecule is CSC1CCC(NC(=O)c2cc(F)ccc2[N+](=O)[O-])CC1. The molecule has 1 aliphatic carbocycles. The zero-order valence-corrected chi connectivity index (χ0v) is 12.5. The van der Waals surface area contributed by atoms with E-state index >= 15 is 0 Å². The van der Waals surface area contributed by atoms with Gasteiger partial charge in [-0.15, -0.1) is 0 Å². The normalized spacial score (nSPS) is 21.8. The van der Waals surface area contributed by atoms with Crippen LogP contribution in [0.15, 0.2) is 18.2 Å². The van der Waals surface area contributed by atoms with Crippen LogP contribution in [0.1, 0.15) is 36.0 Å². The number of nitro benzene ring substituents is 1. The molecule has 0 atom stereocenters. The molecule has 1 amide bonds. The van der Waals surface area contributed by atoms with Crippen molar-refractivity contribution >= 4 is 23.4 Å². The lowest BCUT2D eigenvalue weighted by Crippen LogP contribution is -2.38. The van der Waals surface area contributed by atoms with Crippen LogP contribution in [-0.4, -0.2) is 28.4 Å². The lowest BCUT2D eigenvalue weighted by Gasteiger charge is -2.28. The molecule has 21 heavy (non-hydrogen) atoms. The Morgan fingerprint density at radius 2 is 2.05 bits per heavy atom. The highest BCUT2D eigenvalue weighted by atomic mass is 32.2. The van der Waals surface area contributed by atoms with Gasteiger partial charge in [-0.3, -0.25) is 14.9 Å². The van der Waals surface area contributed by atoms with Crippen LogP contribution in [0.4, 0.5) is 10.1 Å². The summed E-state index contributed by atoms with van der Waals surface area (Å²) in [5.74, 6) is -1.23. The predicted octanol–water partition coefficient (Wildman–Crippen LogP) is 3.14. The summed E-state index contributed by atoms with van der Waals surface area (Å²) in [6, 6.07) is 2.93. The molecule has 0 unspecified atom stereocenters. The van der Waals surface area contributed by atoms with Gasteiger partial charge in [-0.2, -0.15) is 11.8 Å². The Morgan fingerprint density at radius 3 is 2.62 bits per heavy atom. The van der Waals surface area contributed by atoms with Crippen LogP contribution in [0.2, 0.25) is 0 Å². The summed E-state index contributed by atoms with van der Waals surface area (Å²) in [4.78, 5) is 22.4. The summed E-state index contributed by atoms with van der Waals surface area (Å²) < 4.78 is 13.2. The number of hydrogen-bond donors (Lipinski definition) is 1. The molecule has 0 bridgehead atoms. The number of nitrogens with one attached hydrogen (secondary N) is 1. The molecule has 2 rings (SSSR count). The van der Waals surface area contributed by atoms with Gasteiger partial charge in [0.2, 0.25) is 0 Å². The third kappa shape index (κ3) is 3.93. The molecule has 1 fully saturated rings. The molecule has 0 aromatic heterocycles. The van der Waals surface area contributed by atoms with E-state index in [1.807, 2.05) is 11.8 Å². The van der Waals surface area contributed by atoms with Crippen molar-refractivity contribution in [2.24, 2.45) is 0 Å². The molecule has 0 spiro atoms. The first kappa shape index (κ1) is 15.8. The minimum atomic E-state index is -0.668. The number of thioether (sulfide) groups is 1. The highest BCUT2D eigenvalue weighted by Gasteiger charge is 2.26. The van der Waals surface area contributed by atoms with Gasteiger partial charge in [0.05, 0.1) is 4.92 Å². The fourth-order valence-electron chi connectivity index (χ4n) is 2.56. The van der Waals surface area contributed by atoms with E-state index in [4.69, 9.17) is 0 Å². The van der Waals surface area contributed by atoms with Crippen LogP contribution in [-0.2, 0) is 0 Å². The fourth-order valence-corrected chi connectivity index (χ4v) is 3.30. The smallest absolute Gasteiger partial charge is 0.282 e. The van der Waals surface area contributed by atoms with E-state index in [1.54, 1.807) is 0 Å². The molecule has 1 aliphatic rings. The van der Waals surface area contributed by atoms with Crippen LogP contribution in [0.25, 0.3) is 0 Å². The van der Waals surface area contributed by atoms with Crippen LogP contribution in [0, 0.1) is 15.9 Å². The summed E-state index contributed by atoms with van der Waals surface area (Å²) in [5.41, 5.74) is -0.585. The Balaban J connectivity index is 2.07. The predicted molar refractivity (Wildman–Crippen MR) is 80.1 cm³/mol. The Labute approximate surface area is 126 Å². The average molecular weight is 312 g/mol. The molecular formula is C14H17FN2O3S. The zero-order valence-electron chi connectivity index (χ0n) is 11.7. The zero-order chi connectivity index (χ0) is 15.4. The maximum Gasteiger partial charge on any atom is 0.282 e. The van der Waals surface area contributed by atoms with Crippen molar-refractivity contribution in [3.05, 3.63) is 39.7 Å². The molecule has 5 nitrogen and oxygen atoms in total. The molecule has 0 radical (unpaired) electrons. The second-order valence-corrected chi connectivity index (χ2v) is 6.24. The highest BCUT2D eigenvalue weighted by molar-refractivity contribution is 7.99. The third-order valence-electron chi connectivity index (χ3n) is 3.74. The maximum atomic E-state index is 13.2. The average Bonchev–Trinajstić information content (AvgIpc) is 2.47. The van der Waals surface area contributed by atoms with Gasteiger partial charge in [0.25, 0.3) is 11.6 Å². The molecule has 7 heteroatoms. The topological polar surface area (TPSA) is 72.2 Å². The van der Waals surface area contributed by atoms with Gasteiger partial charge in [-0.05, 0) is 44.1 Å². The number of halogens is 1. The van der Waals surface area contributed by atoms with E-state index in [0.717, 1.165) is 43.9 Å². The van der Waals surface area contributed by atoms with Gasteiger partial charge >= 0.3 is 0 Å². The fraction of sp³-hybridized carbons (Fsp3) is 0.500. The standard InChI is InChI=1S/C14H17FN2O3S/c1-21-11-5-3-10(4-6-11)16-14(18)12-8-9(15)2-7-13(12)17(19)20/h2,7-8,10-11H,3-6H2,1H3,(H,16,18). The second-order valence-electron chi connectivity index (χ2n) is 5.10. The van der Waals surface area contributed by atoms with Crippen molar-refractivity contribution < 1.29 is 14.1 Å². The van der Waals surface area contributed by atoms with Gasteiger partial charge < -0.3 is 5.32 Å². The maximum absolute atomic E-state index is 13.2. The van der Waals surface area contributed by atoms with Crippen molar-refractivity contribution in [1.82, 2.24) is 5.32 Å². The monoisotopic (exact) mass is 312 g/mol. The Bertz CT molecular complexity index is 545. The van der Waals surface area contributed by atoms with E-state index in [9.17, 15) is 19.3 Å². The summed E-state index contributed by atoms with van der Waals surface area (Å²) in [7, 11) is 0. The number of nitro groups is 1. The minimum Gasteiger partial charge on any atom is -0.349 e. The van der Waals surface area contributed by atoms with Gasteiger partial charge in [0, 0.05) is 17.4 Å². The van der Waals surface area contributed by atoms with Crippen molar-refractivity contribution in [2.75, 3.05) is 6.26 Å². The largest absolute Gasteiger partial charge is 0.349 e. The lowest BCUT2D eigenvalue weighted by atomic mass is 9.94. The first-order valence-electron chi connectivity index (χ1n) is 6.79. The van der Waals surface area contributed by atoms with Crippen molar-refractivity contribution in [3.8, 4) is 0 Å². The lowest BCUT2D eigenvalue weighted by molar-refractivity contribution is -0.385. The van der Waals surface area contributed by atoms with Crippen molar-refractivity contribution in [3.63, 3.8) is 0 Å². The highest BCUT2D eigenvalue weighted by Crippen LogP contribution is 2.27. The second kappa shape index (κ2) is 6.89. The first-order valence-corrected chi connectivity index (χ1v) is 8.07. The molecule has 1 N–H and O–H groups in total. The molecule has 0 saturated heterocycles. The molecule has 0 heterocycles. The molecule has 1 aromatic rings. The third-order valence-corrected chi connectivity index (χ3v) is 4.88. The summed E-state index contributed by atoms with van der Waals surface area (Å²) in [6.07, 6.45) is 5.79. The van der Waals surface area contributed by atoms with Crippen LogP contribution in [0.3, 0.4) is 0 Å². The van der Waals surface area contributed by atoms with Gasteiger partial charge in [0.15, 0.2) is 0 Å². The first-order chi connectivity index (χ1) is 10.0. The number of carbonyl (C=O) groups excluding carboxylic acids is 1. The van der Waals surface area contributed by atoms with E-state index in [1.165, 1.54) is 0 Å². The van der Waals surface area contributed by atoms with E-state index in [0.29, 0.717) is 5.25 Å². The number of amides is 1.